The van der Waals surface area contributed by atoms with Crippen LogP contribution in [0.2, 0.25) is 0 Å². The van der Waals surface area contributed by atoms with Gasteiger partial charge in [0.05, 0.1) is 4.92 Å². The van der Waals surface area contributed by atoms with E-state index in [2.05, 4.69) is 10.2 Å². The standard InChI is InChI=1S/C15H11N3O3S/c19-18(20)13-8-4-5-11(9-13)10-22-15-17-16-14(21-15)12-6-2-1-3-7-12/h1-9H,10H2. The summed E-state index contributed by atoms with van der Waals surface area (Å²) in [5, 5.41) is 19.2. The van der Waals surface area contributed by atoms with Crippen LogP contribution in [0.5, 0.6) is 0 Å². The van der Waals surface area contributed by atoms with E-state index in [1.165, 1.54) is 17.8 Å². The SMILES string of the molecule is O=[N+]([O-])c1cccc(CSc2nnc(-c3ccccc3)o2)c1. The summed E-state index contributed by atoms with van der Waals surface area (Å²) in [4.78, 5) is 10.3. The quantitative estimate of drug-likeness (QED) is 0.403. The van der Waals surface area contributed by atoms with E-state index >= 15 is 0 Å². The van der Waals surface area contributed by atoms with Crippen LogP contribution < -0.4 is 0 Å². The fourth-order valence-corrected chi connectivity index (χ4v) is 2.58. The topological polar surface area (TPSA) is 82.1 Å². The molecule has 0 saturated heterocycles. The number of nitro groups is 1. The van der Waals surface area contributed by atoms with Crippen molar-refractivity contribution in [3.8, 4) is 11.5 Å². The van der Waals surface area contributed by atoms with E-state index in [4.69, 9.17) is 4.42 Å². The van der Waals surface area contributed by atoms with Crippen LogP contribution in [0, 0.1) is 10.1 Å². The van der Waals surface area contributed by atoms with Gasteiger partial charge in [-0.15, -0.1) is 10.2 Å². The maximum absolute atomic E-state index is 10.7. The number of thioether (sulfide) groups is 1. The maximum atomic E-state index is 10.7. The van der Waals surface area contributed by atoms with Crippen molar-refractivity contribution in [2.45, 2.75) is 11.0 Å². The average Bonchev–Trinajstić information content (AvgIpc) is 3.03. The Hall–Kier alpha value is -2.67. The summed E-state index contributed by atoms with van der Waals surface area (Å²) in [7, 11) is 0. The molecule has 0 amide bonds. The van der Waals surface area contributed by atoms with E-state index < -0.39 is 4.92 Å². The van der Waals surface area contributed by atoms with Crippen LogP contribution in [0.4, 0.5) is 5.69 Å². The molecule has 1 aromatic heterocycles. The predicted molar refractivity (Wildman–Crippen MR) is 82.4 cm³/mol. The number of aromatic nitrogens is 2. The Kier molecular flexibility index (Phi) is 4.15. The van der Waals surface area contributed by atoms with Gasteiger partial charge in [0.25, 0.3) is 10.9 Å². The maximum Gasteiger partial charge on any atom is 0.277 e. The Labute approximate surface area is 130 Å². The number of nitro benzene ring substituents is 1. The molecule has 0 N–H and O–H groups in total. The number of hydrogen-bond donors (Lipinski definition) is 0. The fourth-order valence-electron chi connectivity index (χ4n) is 1.87. The smallest absolute Gasteiger partial charge is 0.277 e. The summed E-state index contributed by atoms with van der Waals surface area (Å²) in [6.07, 6.45) is 0. The van der Waals surface area contributed by atoms with Gasteiger partial charge in [-0.2, -0.15) is 0 Å². The lowest BCUT2D eigenvalue weighted by Crippen LogP contribution is -1.89. The molecule has 0 aliphatic rings. The summed E-state index contributed by atoms with van der Waals surface area (Å²) in [6.45, 7) is 0. The first kappa shape index (κ1) is 14.3. The van der Waals surface area contributed by atoms with Gasteiger partial charge in [0.2, 0.25) is 5.89 Å². The minimum Gasteiger partial charge on any atom is -0.411 e. The van der Waals surface area contributed by atoms with Crippen molar-refractivity contribution in [3.05, 3.63) is 70.3 Å². The molecule has 0 aliphatic heterocycles. The highest BCUT2D eigenvalue weighted by Gasteiger charge is 2.10. The average molecular weight is 313 g/mol. The Morgan fingerprint density at radius 3 is 2.68 bits per heavy atom. The molecule has 0 spiro atoms. The molecule has 0 unspecified atom stereocenters. The molecule has 6 nitrogen and oxygen atoms in total. The minimum absolute atomic E-state index is 0.0774. The van der Waals surface area contributed by atoms with E-state index in [1.54, 1.807) is 12.1 Å². The second kappa shape index (κ2) is 6.40. The van der Waals surface area contributed by atoms with Gasteiger partial charge >= 0.3 is 0 Å². The zero-order chi connectivity index (χ0) is 15.4. The number of nitrogens with zero attached hydrogens (tertiary/aromatic N) is 3. The Balaban J connectivity index is 1.69. The number of non-ortho nitro benzene ring substituents is 1. The molecule has 22 heavy (non-hydrogen) atoms. The predicted octanol–water partition coefficient (Wildman–Crippen LogP) is 3.94. The first-order valence-electron chi connectivity index (χ1n) is 6.47. The molecule has 0 aliphatic carbocycles. The van der Waals surface area contributed by atoms with Gasteiger partial charge in [-0.05, 0) is 17.7 Å². The van der Waals surface area contributed by atoms with Gasteiger partial charge in [0.15, 0.2) is 0 Å². The van der Waals surface area contributed by atoms with Gasteiger partial charge in [0.1, 0.15) is 0 Å². The third-order valence-electron chi connectivity index (χ3n) is 2.91. The number of benzene rings is 2. The van der Waals surface area contributed by atoms with Gasteiger partial charge < -0.3 is 4.42 Å². The van der Waals surface area contributed by atoms with Crippen LogP contribution >= 0.6 is 11.8 Å². The molecule has 7 heteroatoms. The lowest BCUT2D eigenvalue weighted by molar-refractivity contribution is -0.384. The number of rotatable bonds is 5. The van der Waals surface area contributed by atoms with Crippen LogP contribution in [0.1, 0.15) is 5.56 Å². The molecule has 3 aromatic rings. The third-order valence-corrected chi connectivity index (χ3v) is 3.80. The van der Waals surface area contributed by atoms with E-state index in [0.29, 0.717) is 16.9 Å². The molecule has 0 bridgehead atoms. The molecular formula is C15H11N3O3S. The summed E-state index contributed by atoms with van der Waals surface area (Å²) in [5.41, 5.74) is 1.77. The van der Waals surface area contributed by atoms with Crippen molar-refractivity contribution < 1.29 is 9.34 Å². The highest BCUT2D eigenvalue weighted by atomic mass is 32.2. The van der Waals surface area contributed by atoms with E-state index in [0.717, 1.165) is 11.1 Å². The highest BCUT2D eigenvalue weighted by Crippen LogP contribution is 2.26. The van der Waals surface area contributed by atoms with Crippen LogP contribution in [-0.2, 0) is 5.75 Å². The lowest BCUT2D eigenvalue weighted by Gasteiger charge is -1.98. The molecule has 0 atom stereocenters. The number of hydrogen-bond acceptors (Lipinski definition) is 6. The van der Waals surface area contributed by atoms with Crippen molar-refractivity contribution in [1.29, 1.82) is 0 Å². The monoisotopic (exact) mass is 313 g/mol. The first-order chi connectivity index (χ1) is 10.7. The first-order valence-corrected chi connectivity index (χ1v) is 7.46. The highest BCUT2D eigenvalue weighted by molar-refractivity contribution is 7.98. The second-order valence-corrected chi connectivity index (χ2v) is 5.38. The van der Waals surface area contributed by atoms with Gasteiger partial charge in [-0.3, -0.25) is 10.1 Å². The lowest BCUT2D eigenvalue weighted by atomic mass is 10.2. The van der Waals surface area contributed by atoms with Crippen molar-refractivity contribution in [2.75, 3.05) is 0 Å². The second-order valence-electron chi connectivity index (χ2n) is 4.45. The van der Waals surface area contributed by atoms with Crippen molar-refractivity contribution in [3.63, 3.8) is 0 Å². The molecule has 0 radical (unpaired) electrons. The zero-order valence-corrected chi connectivity index (χ0v) is 12.2. The summed E-state index contributed by atoms with van der Waals surface area (Å²) < 4.78 is 5.58. The third kappa shape index (κ3) is 3.32. The summed E-state index contributed by atoms with van der Waals surface area (Å²) in [6, 6.07) is 16.0. The van der Waals surface area contributed by atoms with Crippen LogP contribution in [0.15, 0.2) is 64.2 Å². The molecular weight excluding hydrogens is 302 g/mol. The van der Waals surface area contributed by atoms with Gasteiger partial charge in [-0.1, -0.05) is 42.1 Å². The Morgan fingerprint density at radius 1 is 1.09 bits per heavy atom. The molecule has 2 aromatic carbocycles. The summed E-state index contributed by atoms with van der Waals surface area (Å²) >= 11 is 1.35. The molecule has 3 rings (SSSR count). The zero-order valence-electron chi connectivity index (χ0n) is 11.4. The normalized spacial score (nSPS) is 10.5. The van der Waals surface area contributed by atoms with Crippen LogP contribution in [0.25, 0.3) is 11.5 Å². The molecule has 1 heterocycles. The Morgan fingerprint density at radius 2 is 1.91 bits per heavy atom. The fraction of sp³-hybridized carbons (Fsp3) is 0.0667. The van der Waals surface area contributed by atoms with Crippen molar-refractivity contribution >= 4 is 17.4 Å². The largest absolute Gasteiger partial charge is 0.411 e. The van der Waals surface area contributed by atoms with E-state index in [-0.39, 0.29) is 5.69 Å². The van der Waals surface area contributed by atoms with Gasteiger partial charge in [-0.25, -0.2) is 0 Å². The van der Waals surface area contributed by atoms with Crippen LogP contribution in [0.3, 0.4) is 0 Å². The van der Waals surface area contributed by atoms with E-state index in [9.17, 15) is 10.1 Å². The van der Waals surface area contributed by atoms with Crippen molar-refractivity contribution in [1.82, 2.24) is 10.2 Å². The van der Waals surface area contributed by atoms with Crippen molar-refractivity contribution in [2.24, 2.45) is 0 Å². The molecule has 110 valence electrons. The van der Waals surface area contributed by atoms with E-state index in [1.807, 2.05) is 36.4 Å². The molecule has 0 fully saturated rings. The molecule has 0 saturated carbocycles. The minimum atomic E-state index is -0.408. The summed E-state index contributed by atoms with van der Waals surface area (Å²) in [5.74, 6) is 0.986. The van der Waals surface area contributed by atoms with Crippen LogP contribution in [-0.4, -0.2) is 15.1 Å². The Bertz CT molecular complexity index is 789. The van der Waals surface area contributed by atoms with Gasteiger partial charge in [0, 0.05) is 23.4 Å².